The number of pyridine rings is 1. The number of fused-ring (bicyclic) bond motifs is 8. The lowest BCUT2D eigenvalue weighted by Crippen LogP contribution is -2.39. The third-order valence-electron chi connectivity index (χ3n) is 12.9. The molecule has 1 saturated heterocycles. The topological polar surface area (TPSA) is 172 Å². The summed E-state index contributed by atoms with van der Waals surface area (Å²) in [4.78, 5) is 68.7. The molecule has 4 aromatic carbocycles. The molecule has 1 N–H and O–H groups in total. The Morgan fingerprint density at radius 3 is 2.15 bits per heavy atom. The van der Waals surface area contributed by atoms with Crippen molar-refractivity contribution in [3.63, 3.8) is 0 Å². The van der Waals surface area contributed by atoms with Gasteiger partial charge in [0.2, 0.25) is 0 Å². The zero-order valence-electron chi connectivity index (χ0n) is 40.6. The first kappa shape index (κ1) is 49.1. The number of rotatable bonds is 20. The molecule has 2 atom stereocenters. The summed E-state index contributed by atoms with van der Waals surface area (Å²) in [7, 11) is 6.60. The van der Waals surface area contributed by atoms with Crippen molar-refractivity contribution in [1.29, 1.82) is 0 Å². The molecule has 10 rings (SSSR count). The molecule has 0 bridgehead atoms. The number of methoxy groups -OCH3 is 2. The van der Waals surface area contributed by atoms with Crippen molar-refractivity contribution in [2.24, 2.45) is 4.99 Å². The van der Waals surface area contributed by atoms with Crippen molar-refractivity contribution < 1.29 is 52.6 Å². The lowest BCUT2D eigenvalue weighted by atomic mass is 10.1. The highest BCUT2D eigenvalue weighted by molar-refractivity contribution is 8.77. The van der Waals surface area contributed by atoms with E-state index in [-0.39, 0.29) is 48.3 Å². The smallest absolute Gasteiger partial charge is 0.330 e. The Balaban J connectivity index is 0.827. The monoisotopic (exact) mass is 1020 g/mol. The fraction of sp³-hybridized carbons (Fsp3) is 0.377. The van der Waals surface area contributed by atoms with Gasteiger partial charge in [-0.15, -0.1) is 0 Å². The molecule has 1 fully saturated rings. The Morgan fingerprint density at radius 1 is 0.778 bits per heavy atom. The molecule has 19 heteroatoms. The summed E-state index contributed by atoms with van der Waals surface area (Å²) in [5, 5.41) is 4.28. The van der Waals surface area contributed by atoms with Gasteiger partial charge in [-0.25, -0.2) is 9.68 Å². The molecule has 1 unspecified atom stereocenters. The van der Waals surface area contributed by atoms with Crippen molar-refractivity contribution >= 4 is 68.3 Å². The van der Waals surface area contributed by atoms with Crippen LogP contribution in [0.25, 0.3) is 0 Å². The van der Waals surface area contributed by atoms with Gasteiger partial charge in [0.25, 0.3) is 11.8 Å². The van der Waals surface area contributed by atoms with Gasteiger partial charge in [0, 0.05) is 71.7 Å². The maximum Gasteiger partial charge on any atom is 0.330 e. The van der Waals surface area contributed by atoms with Crippen molar-refractivity contribution in [2.45, 2.75) is 82.4 Å². The number of carbonyl (C=O) groups excluding carboxylic acids is 3. The zero-order valence-corrected chi connectivity index (χ0v) is 42.2. The van der Waals surface area contributed by atoms with Crippen LogP contribution in [0, 0.1) is 0 Å². The van der Waals surface area contributed by atoms with Crippen LogP contribution in [0.4, 0.5) is 22.7 Å². The lowest BCUT2D eigenvalue weighted by molar-refractivity contribution is -0.460. The number of ether oxygens (including phenoxy) is 5. The standard InChI is InChI=1S/C53H56N6O11S2/c1-53(2,72-71-20-9-15-50(60)70-59-68-18-19-69-59)16-10-17-65-39-23-35(31-66-48-27-42-40(25-46(48)63-3)51(61)57-37(29-54-42)21-33-11-5-7-13-44(33)57)56-36(24-39)32-67-49-28-43-41(26-47(49)64-4)52(62)58-38(30-55-43)22-34-12-6-8-14-45(34)58/h5-8,11-14,23-29,37-38,55H,9-10,15-22,30-32H2,1-4H3/t37-,38?/m0/s1. The first-order valence-corrected chi connectivity index (χ1v) is 26.4. The number of anilines is 3. The minimum absolute atomic E-state index is 0.0212. The second kappa shape index (κ2) is 21.7. The van der Waals surface area contributed by atoms with E-state index in [4.69, 9.17) is 48.2 Å². The van der Waals surface area contributed by atoms with Gasteiger partial charge in [0.1, 0.15) is 37.6 Å². The van der Waals surface area contributed by atoms with Crippen molar-refractivity contribution in [1.82, 2.24) is 10.4 Å². The van der Waals surface area contributed by atoms with Crippen LogP contribution in [0.15, 0.2) is 89.9 Å². The van der Waals surface area contributed by atoms with Crippen LogP contribution >= 0.6 is 21.6 Å². The number of para-hydroxylation sites is 2. The second-order valence-electron chi connectivity index (χ2n) is 18.4. The third kappa shape index (κ3) is 10.8. The molecule has 376 valence electrons. The average molecular weight is 1020 g/mol. The normalized spacial score (nSPS) is 17.7. The van der Waals surface area contributed by atoms with Crippen molar-refractivity contribution in [3.05, 3.63) is 119 Å². The molecule has 1 aromatic heterocycles. The summed E-state index contributed by atoms with van der Waals surface area (Å²) in [6.07, 6.45) is 5.86. The second-order valence-corrected chi connectivity index (χ2v) is 21.5. The maximum absolute atomic E-state index is 14.1. The number of nitrogens with zero attached hydrogens (tertiary/aromatic N) is 5. The molecule has 5 aromatic rings. The van der Waals surface area contributed by atoms with Gasteiger partial charge in [-0.1, -0.05) is 58.0 Å². The number of hydrogen-bond acceptors (Lipinski definition) is 17. The fourth-order valence-electron chi connectivity index (χ4n) is 9.40. The number of nitrogens with one attached hydrogen (secondary N) is 1. The van der Waals surface area contributed by atoms with Gasteiger partial charge in [0.15, 0.2) is 23.0 Å². The lowest BCUT2D eigenvalue weighted by Gasteiger charge is -2.23. The molecule has 6 heterocycles. The zero-order chi connectivity index (χ0) is 49.8. The van der Waals surface area contributed by atoms with Crippen LogP contribution in [0.2, 0.25) is 0 Å². The van der Waals surface area contributed by atoms with E-state index in [0.29, 0.717) is 102 Å². The Morgan fingerprint density at radius 2 is 1.43 bits per heavy atom. The first-order chi connectivity index (χ1) is 35.0. The highest BCUT2D eigenvalue weighted by atomic mass is 33.1. The number of amides is 2. The number of aromatic nitrogens is 1. The maximum atomic E-state index is 14.1. The quantitative estimate of drug-likeness (QED) is 0.0577. The number of benzene rings is 4. The minimum Gasteiger partial charge on any atom is -0.493 e. The summed E-state index contributed by atoms with van der Waals surface area (Å²) in [6.45, 7) is 6.21. The first-order valence-electron chi connectivity index (χ1n) is 24.0. The van der Waals surface area contributed by atoms with Crippen LogP contribution < -0.4 is 38.8 Å². The number of hydrogen-bond donors (Lipinski definition) is 1. The van der Waals surface area contributed by atoms with Gasteiger partial charge in [0.05, 0.1) is 66.8 Å². The van der Waals surface area contributed by atoms with Gasteiger partial charge in [-0.05, 0) is 74.9 Å². The van der Waals surface area contributed by atoms with Crippen LogP contribution in [0.5, 0.6) is 28.7 Å². The van der Waals surface area contributed by atoms with E-state index in [0.717, 1.165) is 52.9 Å². The highest BCUT2D eigenvalue weighted by Crippen LogP contribution is 2.44. The Hall–Kier alpha value is -6.51. The molecule has 2 amide bonds. The number of aliphatic imine (C=N–C) groups is 1. The highest BCUT2D eigenvalue weighted by Gasteiger charge is 2.39. The number of carbonyl (C=O) groups is 3. The molecule has 72 heavy (non-hydrogen) atoms. The predicted octanol–water partition coefficient (Wildman–Crippen LogP) is 9.28. The fourth-order valence-corrected chi connectivity index (χ4v) is 12.1. The van der Waals surface area contributed by atoms with Crippen LogP contribution in [-0.4, -0.2) is 97.5 Å². The Labute approximate surface area is 425 Å². The van der Waals surface area contributed by atoms with Crippen molar-refractivity contribution in [3.8, 4) is 28.7 Å². The van der Waals surface area contributed by atoms with E-state index in [2.05, 4.69) is 25.2 Å². The van der Waals surface area contributed by atoms with E-state index in [1.807, 2.05) is 71.8 Å². The molecule has 5 aliphatic heterocycles. The summed E-state index contributed by atoms with van der Waals surface area (Å²) < 4.78 is 30.9. The SMILES string of the molecule is COc1cc2c(cc1OCc1cc(OCCCC(C)(C)SSCCCC(=O)ON3OCCO3)cc(COc3cc4c(cc3OC)C(=O)N3c5ccccc5CC3CN4)n1)N=C[C@@H]1Cc3ccccc3N1C2=O. The van der Waals surface area contributed by atoms with Crippen LogP contribution in [-0.2, 0) is 45.4 Å². The summed E-state index contributed by atoms with van der Waals surface area (Å²) in [5.74, 6) is 2.37. The Kier molecular flexibility index (Phi) is 14.8. The third-order valence-corrected chi connectivity index (χ3v) is 16.3. The molecule has 0 aliphatic carbocycles. The minimum atomic E-state index is -0.399. The van der Waals surface area contributed by atoms with Gasteiger partial charge in [-0.2, -0.15) is 0 Å². The average Bonchev–Trinajstić information content (AvgIpc) is 4.10. The molecular formula is C53H56N6O11S2. The van der Waals surface area contributed by atoms with Crippen LogP contribution in [0.3, 0.4) is 0 Å². The van der Waals surface area contributed by atoms with Gasteiger partial charge >= 0.3 is 5.97 Å². The summed E-state index contributed by atoms with van der Waals surface area (Å²) in [6, 6.07) is 26.4. The molecule has 0 radical (unpaired) electrons. The van der Waals surface area contributed by atoms with Crippen LogP contribution in [0.1, 0.15) is 82.8 Å². The largest absolute Gasteiger partial charge is 0.493 e. The van der Waals surface area contributed by atoms with E-state index >= 15 is 0 Å². The van der Waals surface area contributed by atoms with E-state index < -0.39 is 5.97 Å². The van der Waals surface area contributed by atoms with E-state index in [9.17, 15) is 14.4 Å². The van der Waals surface area contributed by atoms with E-state index in [1.54, 1.807) is 58.9 Å². The molecular weight excluding hydrogens is 961 g/mol. The summed E-state index contributed by atoms with van der Waals surface area (Å²) >= 11 is 0. The molecule has 0 spiro atoms. The van der Waals surface area contributed by atoms with Gasteiger partial charge < -0.3 is 38.7 Å². The molecule has 17 nitrogen and oxygen atoms in total. The van der Waals surface area contributed by atoms with Crippen molar-refractivity contribution in [2.75, 3.05) is 61.5 Å². The van der Waals surface area contributed by atoms with E-state index in [1.165, 1.54) is 0 Å². The molecule has 5 aliphatic rings. The predicted molar refractivity (Wildman–Crippen MR) is 275 cm³/mol. The molecule has 0 saturated carbocycles. The summed E-state index contributed by atoms with van der Waals surface area (Å²) in [5.41, 5.74) is 7.28. The van der Waals surface area contributed by atoms with Gasteiger partial charge in [-0.3, -0.25) is 29.3 Å². The Bertz CT molecular complexity index is 2880.